The lowest BCUT2D eigenvalue weighted by Crippen LogP contribution is -2.40. The SMILES string of the molecule is CC(Cc1ccccc1F)NC(=O)CCc1nc2cc(S(=O)(=O)N3CCOCC3)ccc2n1C. The van der Waals surface area contributed by atoms with E-state index in [0.717, 1.165) is 5.52 Å². The molecule has 3 aromatic rings. The number of nitrogens with zero attached hydrogens (tertiary/aromatic N) is 3. The zero-order valence-electron chi connectivity index (χ0n) is 19.3. The molecule has 1 unspecified atom stereocenters. The minimum absolute atomic E-state index is 0.147. The number of rotatable bonds is 8. The summed E-state index contributed by atoms with van der Waals surface area (Å²) in [6.07, 6.45) is 1.03. The number of aromatic nitrogens is 2. The number of ether oxygens (including phenoxy) is 1. The second-order valence-electron chi connectivity index (χ2n) is 8.52. The van der Waals surface area contributed by atoms with Gasteiger partial charge in [0.2, 0.25) is 15.9 Å². The molecule has 1 N–H and O–H groups in total. The number of benzene rings is 2. The summed E-state index contributed by atoms with van der Waals surface area (Å²) < 4.78 is 48.3. The topological polar surface area (TPSA) is 93.5 Å². The third-order valence-corrected chi connectivity index (χ3v) is 7.91. The third-order valence-electron chi connectivity index (χ3n) is 6.02. The predicted molar refractivity (Wildman–Crippen MR) is 126 cm³/mol. The van der Waals surface area contributed by atoms with Crippen LogP contribution in [0.25, 0.3) is 11.0 Å². The smallest absolute Gasteiger partial charge is 0.243 e. The van der Waals surface area contributed by atoms with Crippen LogP contribution in [0.3, 0.4) is 0 Å². The summed E-state index contributed by atoms with van der Waals surface area (Å²) in [7, 11) is -1.77. The van der Waals surface area contributed by atoms with Gasteiger partial charge in [-0.15, -0.1) is 0 Å². The molecule has 8 nitrogen and oxygen atoms in total. The summed E-state index contributed by atoms with van der Waals surface area (Å²) in [4.78, 5) is 17.2. The number of hydrogen-bond acceptors (Lipinski definition) is 5. The Morgan fingerprint density at radius 1 is 1.21 bits per heavy atom. The molecule has 0 aliphatic carbocycles. The van der Waals surface area contributed by atoms with Gasteiger partial charge in [0.15, 0.2) is 0 Å². The summed E-state index contributed by atoms with van der Waals surface area (Å²) >= 11 is 0. The number of morpholine rings is 1. The summed E-state index contributed by atoms with van der Waals surface area (Å²) in [6, 6.07) is 11.2. The van der Waals surface area contributed by atoms with E-state index < -0.39 is 10.0 Å². The van der Waals surface area contributed by atoms with Crippen LogP contribution < -0.4 is 5.32 Å². The van der Waals surface area contributed by atoms with Crippen LogP contribution in [0.15, 0.2) is 47.4 Å². The summed E-state index contributed by atoms with van der Waals surface area (Å²) in [5.41, 5.74) is 1.93. The van der Waals surface area contributed by atoms with Crippen molar-refractivity contribution in [3.63, 3.8) is 0 Å². The van der Waals surface area contributed by atoms with E-state index in [2.05, 4.69) is 10.3 Å². The Morgan fingerprint density at radius 2 is 1.94 bits per heavy atom. The van der Waals surface area contributed by atoms with Gasteiger partial charge in [-0.25, -0.2) is 17.8 Å². The van der Waals surface area contributed by atoms with Crippen molar-refractivity contribution in [2.45, 2.75) is 37.1 Å². The predicted octanol–water partition coefficient (Wildman–Crippen LogP) is 2.41. The molecule has 0 spiro atoms. The standard InChI is InChI=1S/C24H29FN4O4S/c1-17(15-18-5-3-4-6-20(18)25)26-24(30)10-9-23-27-21-16-19(7-8-22(21)28(23)2)34(31,32)29-11-13-33-14-12-29/h3-8,16-17H,9-15H2,1-2H3,(H,26,30). The number of halogens is 1. The van der Waals surface area contributed by atoms with E-state index in [9.17, 15) is 17.6 Å². The highest BCUT2D eigenvalue weighted by atomic mass is 32.2. The summed E-state index contributed by atoms with van der Waals surface area (Å²) in [6.45, 7) is 3.28. The maximum atomic E-state index is 13.8. The fraction of sp³-hybridized carbons (Fsp3) is 0.417. The minimum Gasteiger partial charge on any atom is -0.379 e. The number of fused-ring (bicyclic) bond motifs is 1. The molecule has 1 saturated heterocycles. The maximum Gasteiger partial charge on any atom is 0.243 e. The molecule has 0 saturated carbocycles. The van der Waals surface area contributed by atoms with Crippen LogP contribution in [0.4, 0.5) is 4.39 Å². The maximum absolute atomic E-state index is 13.8. The molecule has 0 bridgehead atoms. The normalized spacial score (nSPS) is 16.0. The number of amides is 1. The lowest BCUT2D eigenvalue weighted by molar-refractivity contribution is -0.121. The number of carbonyl (C=O) groups excluding carboxylic acids is 1. The Hall–Kier alpha value is -2.82. The zero-order chi connectivity index (χ0) is 24.3. The largest absolute Gasteiger partial charge is 0.379 e. The molecule has 1 amide bonds. The van der Waals surface area contributed by atoms with Gasteiger partial charge >= 0.3 is 0 Å². The van der Waals surface area contributed by atoms with Crippen molar-refractivity contribution in [3.8, 4) is 0 Å². The molecule has 1 aliphatic heterocycles. The molecule has 0 radical (unpaired) electrons. The van der Waals surface area contributed by atoms with Crippen molar-refractivity contribution >= 4 is 27.0 Å². The van der Waals surface area contributed by atoms with Gasteiger partial charge in [0.1, 0.15) is 11.6 Å². The number of imidazole rings is 1. The highest BCUT2D eigenvalue weighted by Crippen LogP contribution is 2.23. The molecule has 1 atom stereocenters. The van der Waals surface area contributed by atoms with Gasteiger partial charge in [-0.05, 0) is 43.2 Å². The monoisotopic (exact) mass is 488 g/mol. The first kappa shape index (κ1) is 24.3. The quantitative estimate of drug-likeness (QED) is 0.526. The van der Waals surface area contributed by atoms with E-state index in [4.69, 9.17) is 4.74 Å². The van der Waals surface area contributed by atoms with Crippen molar-refractivity contribution in [2.75, 3.05) is 26.3 Å². The van der Waals surface area contributed by atoms with Gasteiger partial charge < -0.3 is 14.6 Å². The molecular weight excluding hydrogens is 459 g/mol. The van der Waals surface area contributed by atoms with E-state index >= 15 is 0 Å². The molecule has 2 heterocycles. The third kappa shape index (κ3) is 5.29. The van der Waals surface area contributed by atoms with E-state index in [1.807, 2.05) is 18.5 Å². The number of nitrogens with one attached hydrogen (secondary N) is 1. The van der Waals surface area contributed by atoms with Crippen LogP contribution in [-0.4, -0.2) is 60.5 Å². The second kappa shape index (κ2) is 10.2. The molecule has 2 aromatic carbocycles. The molecule has 182 valence electrons. The Morgan fingerprint density at radius 3 is 2.68 bits per heavy atom. The fourth-order valence-electron chi connectivity index (χ4n) is 4.17. The van der Waals surface area contributed by atoms with Crippen LogP contribution in [0.2, 0.25) is 0 Å². The molecule has 1 aliphatic rings. The zero-order valence-corrected chi connectivity index (χ0v) is 20.1. The van der Waals surface area contributed by atoms with Crippen molar-refractivity contribution in [1.29, 1.82) is 0 Å². The van der Waals surface area contributed by atoms with Crippen LogP contribution in [-0.2, 0) is 39.4 Å². The van der Waals surface area contributed by atoms with Gasteiger partial charge in [0, 0.05) is 39.0 Å². The Balaban J connectivity index is 1.40. The van der Waals surface area contributed by atoms with Gasteiger partial charge in [-0.2, -0.15) is 4.31 Å². The molecule has 34 heavy (non-hydrogen) atoms. The van der Waals surface area contributed by atoms with E-state index in [-0.39, 0.29) is 29.1 Å². The van der Waals surface area contributed by atoms with Crippen LogP contribution >= 0.6 is 0 Å². The minimum atomic E-state index is -3.61. The Kier molecular flexibility index (Phi) is 7.30. The first-order valence-electron chi connectivity index (χ1n) is 11.3. The lowest BCUT2D eigenvalue weighted by atomic mass is 10.1. The van der Waals surface area contributed by atoms with Gasteiger partial charge in [-0.3, -0.25) is 4.79 Å². The molecular formula is C24H29FN4O4S. The van der Waals surface area contributed by atoms with E-state index in [0.29, 0.717) is 56.0 Å². The second-order valence-corrected chi connectivity index (χ2v) is 10.5. The molecule has 1 fully saturated rings. The average molecular weight is 489 g/mol. The van der Waals surface area contributed by atoms with Gasteiger partial charge in [0.05, 0.1) is 29.1 Å². The number of sulfonamides is 1. The Labute approximate surface area is 198 Å². The highest BCUT2D eigenvalue weighted by molar-refractivity contribution is 7.89. The van der Waals surface area contributed by atoms with Gasteiger partial charge in [-0.1, -0.05) is 18.2 Å². The summed E-state index contributed by atoms with van der Waals surface area (Å²) in [5.74, 6) is 0.262. The van der Waals surface area contributed by atoms with Gasteiger partial charge in [0.25, 0.3) is 0 Å². The van der Waals surface area contributed by atoms with Crippen molar-refractivity contribution in [3.05, 3.63) is 59.7 Å². The van der Waals surface area contributed by atoms with Crippen LogP contribution in [0, 0.1) is 5.82 Å². The molecule has 4 rings (SSSR count). The number of aryl methyl sites for hydroxylation is 2. The number of carbonyl (C=O) groups is 1. The average Bonchev–Trinajstić information content (AvgIpc) is 3.14. The van der Waals surface area contributed by atoms with Crippen LogP contribution in [0.5, 0.6) is 0 Å². The molecule has 1 aromatic heterocycles. The van der Waals surface area contributed by atoms with E-state index in [1.165, 1.54) is 10.4 Å². The molecule has 10 heteroatoms. The Bertz CT molecular complexity index is 1290. The fourth-order valence-corrected chi connectivity index (χ4v) is 5.60. The lowest BCUT2D eigenvalue weighted by Gasteiger charge is -2.26. The first-order chi connectivity index (χ1) is 16.3. The first-order valence-corrected chi connectivity index (χ1v) is 12.8. The summed E-state index contributed by atoms with van der Waals surface area (Å²) in [5, 5.41) is 2.91. The van der Waals surface area contributed by atoms with Crippen LogP contribution in [0.1, 0.15) is 24.7 Å². The van der Waals surface area contributed by atoms with Crippen molar-refractivity contribution < 1.29 is 22.3 Å². The van der Waals surface area contributed by atoms with Crippen molar-refractivity contribution in [1.82, 2.24) is 19.2 Å². The number of hydrogen-bond donors (Lipinski definition) is 1. The van der Waals surface area contributed by atoms with E-state index in [1.54, 1.807) is 36.4 Å². The van der Waals surface area contributed by atoms with Crippen molar-refractivity contribution in [2.24, 2.45) is 7.05 Å². The highest BCUT2D eigenvalue weighted by Gasteiger charge is 2.27.